The van der Waals surface area contributed by atoms with Crippen molar-refractivity contribution in [1.82, 2.24) is 0 Å². The number of hydrogen-bond donors (Lipinski definition) is 1. The summed E-state index contributed by atoms with van der Waals surface area (Å²) in [5.41, 5.74) is 0.480. The lowest BCUT2D eigenvalue weighted by Crippen LogP contribution is -2.30. The summed E-state index contributed by atoms with van der Waals surface area (Å²) in [5.74, 6) is -2.01. The third-order valence-electron chi connectivity index (χ3n) is 3.31. The third kappa shape index (κ3) is 5.80. The van der Waals surface area contributed by atoms with E-state index < -0.39 is 30.4 Å². The van der Waals surface area contributed by atoms with Gasteiger partial charge in [-0.2, -0.15) is 8.78 Å². The Morgan fingerprint density at radius 2 is 1.73 bits per heavy atom. The van der Waals surface area contributed by atoms with Gasteiger partial charge in [-0.25, -0.2) is 4.39 Å². The molecule has 8 heteroatoms. The summed E-state index contributed by atoms with van der Waals surface area (Å²) < 4.78 is 46.8. The van der Waals surface area contributed by atoms with Crippen molar-refractivity contribution in [2.75, 3.05) is 5.32 Å². The van der Waals surface area contributed by atoms with Crippen LogP contribution < -0.4 is 10.1 Å². The van der Waals surface area contributed by atoms with Crippen molar-refractivity contribution in [2.24, 2.45) is 0 Å². The molecular weight excluding hydrogens is 351 g/mol. The first kappa shape index (κ1) is 19.3. The summed E-state index contributed by atoms with van der Waals surface area (Å²) in [4.78, 5) is 23.8. The van der Waals surface area contributed by atoms with Gasteiger partial charge in [0.1, 0.15) is 11.6 Å². The van der Waals surface area contributed by atoms with Crippen LogP contribution in [0.25, 0.3) is 0 Å². The Hall–Kier alpha value is -3.03. The number of carbonyl (C=O) groups excluding carboxylic acids is 2. The quantitative estimate of drug-likeness (QED) is 0.761. The number of halogens is 3. The molecule has 0 heterocycles. The number of anilines is 1. The highest BCUT2D eigenvalue weighted by Crippen LogP contribution is 2.16. The van der Waals surface area contributed by atoms with Gasteiger partial charge in [0.05, 0.1) is 12.1 Å². The van der Waals surface area contributed by atoms with E-state index in [1.807, 2.05) is 0 Å². The lowest BCUT2D eigenvalue weighted by atomic mass is 10.1. The fourth-order valence-corrected chi connectivity index (χ4v) is 2.04. The second-order valence-corrected chi connectivity index (χ2v) is 5.30. The second kappa shape index (κ2) is 8.89. The summed E-state index contributed by atoms with van der Waals surface area (Å²) in [6, 6.07) is 11.1. The number of hydrogen-bond acceptors (Lipinski definition) is 4. The fraction of sp³-hybridized carbons (Fsp3) is 0.222. The van der Waals surface area contributed by atoms with Gasteiger partial charge >= 0.3 is 12.6 Å². The monoisotopic (exact) mass is 367 g/mol. The molecule has 0 radical (unpaired) electrons. The molecule has 1 atom stereocenters. The summed E-state index contributed by atoms with van der Waals surface area (Å²) in [6.45, 7) is -1.58. The number of nitrogens with one attached hydrogen (secondary N) is 1. The Labute approximate surface area is 147 Å². The van der Waals surface area contributed by atoms with E-state index in [1.54, 1.807) is 6.07 Å². The van der Waals surface area contributed by atoms with Gasteiger partial charge in [-0.3, -0.25) is 9.59 Å². The van der Waals surface area contributed by atoms with Crippen molar-refractivity contribution >= 4 is 17.6 Å². The zero-order chi connectivity index (χ0) is 19.1. The Morgan fingerprint density at radius 3 is 2.35 bits per heavy atom. The van der Waals surface area contributed by atoms with E-state index in [9.17, 15) is 22.8 Å². The number of para-hydroxylation sites is 1. The molecule has 0 saturated heterocycles. The number of ether oxygens (including phenoxy) is 2. The van der Waals surface area contributed by atoms with Gasteiger partial charge in [0.25, 0.3) is 5.91 Å². The van der Waals surface area contributed by atoms with Gasteiger partial charge in [0, 0.05) is 0 Å². The van der Waals surface area contributed by atoms with Gasteiger partial charge in [0.2, 0.25) is 0 Å². The number of benzene rings is 2. The van der Waals surface area contributed by atoms with Gasteiger partial charge in [0.15, 0.2) is 6.10 Å². The molecule has 2 aromatic rings. The molecule has 1 amide bonds. The van der Waals surface area contributed by atoms with Crippen LogP contribution in [0.1, 0.15) is 12.5 Å². The minimum Gasteiger partial charge on any atom is -0.452 e. The van der Waals surface area contributed by atoms with Crippen LogP contribution in [0.2, 0.25) is 0 Å². The molecule has 2 rings (SSSR count). The van der Waals surface area contributed by atoms with Crippen LogP contribution in [0.15, 0.2) is 48.5 Å². The molecule has 1 unspecified atom stereocenters. The first-order valence-corrected chi connectivity index (χ1v) is 7.64. The zero-order valence-corrected chi connectivity index (χ0v) is 13.7. The molecular formula is C18H16F3NO4. The van der Waals surface area contributed by atoms with E-state index in [0.717, 1.165) is 0 Å². The SMILES string of the molecule is CC(OC(=O)Cc1ccc(OC(F)F)cc1)C(=O)Nc1ccccc1F. The van der Waals surface area contributed by atoms with E-state index in [-0.39, 0.29) is 17.9 Å². The molecule has 0 aliphatic heterocycles. The van der Waals surface area contributed by atoms with Gasteiger partial charge in [-0.1, -0.05) is 24.3 Å². The first-order chi connectivity index (χ1) is 12.3. The molecule has 0 bridgehead atoms. The van der Waals surface area contributed by atoms with Gasteiger partial charge in [-0.05, 0) is 36.8 Å². The average Bonchev–Trinajstić information content (AvgIpc) is 2.58. The second-order valence-electron chi connectivity index (χ2n) is 5.30. The highest BCUT2D eigenvalue weighted by atomic mass is 19.3. The topological polar surface area (TPSA) is 64.6 Å². The molecule has 26 heavy (non-hydrogen) atoms. The standard InChI is InChI=1S/C18H16F3NO4/c1-11(17(24)22-15-5-3-2-4-14(15)19)25-16(23)10-12-6-8-13(9-7-12)26-18(20)21/h2-9,11,18H,10H2,1H3,(H,22,24). The highest BCUT2D eigenvalue weighted by Gasteiger charge is 2.19. The number of rotatable bonds is 7. The lowest BCUT2D eigenvalue weighted by Gasteiger charge is -2.14. The maximum absolute atomic E-state index is 13.5. The summed E-state index contributed by atoms with van der Waals surface area (Å²) in [6.07, 6.45) is -1.30. The molecule has 0 aromatic heterocycles. The predicted molar refractivity (Wildman–Crippen MR) is 87.4 cm³/mol. The Bertz CT molecular complexity index is 765. The highest BCUT2D eigenvalue weighted by molar-refractivity contribution is 5.95. The van der Waals surface area contributed by atoms with E-state index >= 15 is 0 Å². The molecule has 5 nitrogen and oxygen atoms in total. The molecule has 0 spiro atoms. The fourth-order valence-electron chi connectivity index (χ4n) is 2.04. The lowest BCUT2D eigenvalue weighted by molar-refractivity contribution is -0.152. The van der Waals surface area contributed by atoms with Crippen LogP contribution in [-0.2, 0) is 20.7 Å². The number of esters is 1. The number of alkyl halides is 2. The minimum absolute atomic E-state index is 0.0185. The van der Waals surface area contributed by atoms with Crippen LogP contribution in [0.5, 0.6) is 5.75 Å². The molecule has 0 aliphatic rings. The number of carbonyl (C=O) groups is 2. The summed E-state index contributed by atoms with van der Waals surface area (Å²) in [5, 5.41) is 2.33. The number of amides is 1. The van der Waals surface area contributed by atoms with Gasteiger partial charge in [-0.15, -0.1) is 0 Å². The predicted octanol–water partition coefficient (Wildman–Crippen LogP) is 3.54. The van der Waals surface area contributed by atoms with Crippen molar-refractivity contribution in [3.63, 3.8) is 0 Å². The minimum atomic E-state index is -2.93. The van der Waals surface area contributed by atoms with E-state index in [1.165, 1.54) is 49.4 Å². The van der Waals surface area contributed by atoms with Crippen molar-refractivity contribution in [2.45, 2.75) is 26.1 Å². The maximum Gasteiger partial charge on any atom is 0.387 e. The molecule has 138 valence electrons. The van der Waals surface area contributed by atoms with Crippen LogP contribution >= 0.6 is 0 Å². The Balaban J connectivity index is 1.86. The van der Waals surface area contributed by atoms with Crippen LogP contribution in [0, 0.1) is 5.82 Å². The first-order valence-electron chi connectivity index (χ1n) is 7.64. The maximum atomic E-state index is 13.5. The molecule has 0 fully saturated rings. The zero-order valence-electron chi connectivity index (χ0n) is 13.7. The third-order valence-corrected chi connectivity index (χ3v) is 3.31. The van der Waals surface area contributed by atoms with Crippen LogP contribution in [0.4, 0.5) is 18.9 Å². The Morgan fingerprint density at radius 1 is 1.08 bits per heavy atom. The Kier molecular flexibility index (Phi) is 6.60. The summed E-state index contributed by atoms with van der Waals surface area (Å²) in [7, 11) is 0. The molecule has 1 N–H and O–H groups in total. The van der Waals surface area contributed by atoms with E-state index in [4.69, 9.17) is 4.74 Å². The largest absolute Gasteiger partial charge is 0.452 e. The molecule has 0 saturated carbocycles. The normalized spacial score (nSPS) is 11.7. The van der Waals surface area contributed by atoms with E-state index in [2.05, 4.69) is 10.1 Å². The van der Waals surface area contributed by atoms with Crippen molar-refractivity contribution in [3.05, 3.63) is 59.9 Å². The van der Waals surface area contributed by atoms with Crippen molar-refractivity contribution < 1.29 is 32.2 Å². The summed E-state index contributed by atoms with van der Waals surface area (Å²) >= 11 is 0. The van der Waals surface area contributed by atoms with Crippen LogP contribution in [0.3, 0.4) is 0 Å². The van der Waals surface area contributed by atoms with Crippen molar-refractivity contribution in [3.8, 4) is 5.75 Å². The smallest absolute Gasteiger partial charge is 0.387 e. The average molecular weight is 367 g/mol. The molecule has 0 aliphatic carbocycles. The van der Waals surface area contributed by atoms with Crippen LogP contribution in [-0.4, -0.2) is 24.6 Å². The molecule has 2 aromatic carbocycles. The van der Waals surface area contributed by atoms with Gasteiger partial charge < -0.3 is 14.8 Å². The van der Waals surface area contributed by atoms with E-state index in [0.29, 0.717) is 5.56 Å². The van der Waals surface area contributed by atoms with Crippen molar-refractivity contribution in [1.29, 1.82) is 0 Å².